The molecule has 0 unspecified atom stereocenters. The van der Waals surface area contributed by atoms with Crippen molar-refractivity contribution in [1.82, 2.24) is 19.5 Å². The molecular formula is C40H23ClN4. The highest BCUT2D eigenvalue weighted by atomic mass is 35.5. The van der Waals surface area contributed by atoms with E-state index in [0.29, 0.717) is 22.5 Å². The molecule has 210 valence electrons. The van der Waals surface area contributed by atoms with Crippen LogP contribution in [0, 0.1) is 0 Å². The molecule has 0 radical (unpaired) electrons. The fourth-order valence-electron chi connectivity index (χ4n) is 6.32. The Morgan fingerprint density at radius 1 is 0.556 bits per heavy atom. The summed E-state index contributed by atoms with van der Waals surface area (Å²) in [6, 6.07) is 42.1. The number of halogens is 1. The molecule has 6 aromatic carbocycles. The number of hydrogen-bond acceptors (Lipinski definition) is 3. The molecule has 45 heavy (non-hydrogen) atoms. The first-order chi connectivity index (χ1) is 22.2. The molecule has 1 aliphatic carbocycles. The fraction of sp³-hybridized carbons (Fsp3) is 0. The summed E-state index contributed by atoms with van der Waals surface area (Å²) < 4.78 is 2.25. The monoisotopic (exact) mass is 594 g/mol. The predicted octanol–water partition coefficient (Wildman–Crippen LogP) is 10.4. The maximum Gasteiger partial charge on any atom is 0.164 e. The van der Waals surface area contributed by atoms with E-state index in [2.05, 4.69) is 107 Å². The average molecular weight is 595 g/mol. The summed E-state index contributed by atoms with van der Waals surface area (Å²) >= 11 is 6.92. The van der Waals surface area contributed by atoms with Crippen LogP contribution in [0.15, 0.2) is 145 Å². The van der Waals surface area contributed by atoms with Crippen LogP contribution in [0.3, 0.4) is 0 Å². The first-order valence-electron chi connectivity index (χ1n) is 14.8. The molecule has 2 heterocycles. The van der Waals surface area contributed by atoms with E-state index in [0.717, 1.165) is 49.6 Å². The quantitative estimate of drug-likeness (QED) is 0.190. The van der Waals surface area contributed by atoms with Crippen molar-refractivity contribution in [3.05, 3.63) is 156 Å². The molecule has 2 aromatic heterocycles. The first kappa shape index (κ1) is 25.7. The van der Waals surface area contributed by atoms with E-state index in [4.69, 9.17) is 26.6 Å². The zero-order valence-electron chi connectivity index (χ0n) is 23.9. The number of para-hydroxylation sites is 1. The lowest BCUT2D eigenvalue weighted by Crippen LogP contribution is -2.02. The number of benzene rings is 6. The summed E-state index contributed by atoms with van der Waals surface area (Å²) in [5.41, 5.74) is 8.90. The smallest absolute Gasteiger partial charge is 0.164 e. The molecule has 5 heteroatoms. The lowest BCUT2D eigenvalue weighted by Gasteiger charge is -2.12. The molecule has 1 aliphatic rings. The lowest BCUT2D eigenvalue weighted by atomic mass is 10.1. The van der Waals surface area contributed by atoms with Crippen molar-refractivity contribution in [2.75, 3.05) is 0 Å². The van der Waals surface area contributed by atoms with Crippen LogP contribution in [0.1, 0.15) is 5.82 Å². The second kappa shape index (κ2) is 10.1. The molecule has 0 N–H and O–H groups in total. The summed E-state index contributed by atoms with van der Waals surface area (Å²) in [5.74, 6) is 1.84. The number of fused-ring (bicyclic) bond motifs is 5. The van der Waals surface area contributed by atoms with Crippen LogP contribution >= 0.6 is 11.6 Å². The minimum Gasteiger partial charge on any atom is -0.308 e. The van der Waals surface area contributed by atoms with Crippen molar-refractivity contribution in [2.45, 2.75) is 0 Å². The highest BCUT2D eigenvalue weighted by molar-refractivity contribution is 6.36. The van der Waals surface area contributed by atoms with E-state index < -0.39 is 0 Å². The van der Waals surface area contributed by atoms with Crippen LogP contribution in [0.2, 0.25) is 5.02 Å². The first-order valence-corrected chi connectivity index (χ1v) is 15.2. The van der Waals surface area contributed by atoms with E-state index >= 15 is 0 Å². The Kier molecular flexibility index (Phi) is 5.79. The van der Waals surface area contributed by atoms with Gasteiger partial charge in [-0.25, -0.2) is 15.0 Å². The van der Waals surface area contributed by atoms with Gasteiger partial charge in [0.05, 0.1) is 16.1 Å². The molecule has 0 saturated heterocycles. The van der Waals surface area contributed by atoms with Crippen LogP contribution in [0.25, 0.3) is 77.4 Å². The number of hydrogen-bond donors (Lipinski definition) is 0. The van der Waals surface area contributed by atoms with Crippen LogP contribution in [0.4, 0.5) is 0 Å². The molecule has 0 aliphatic heterocycles. The van der Waals surface area contributed by atoms with E-state index in [-0.39, 0.29) is 0 Å². The topological polar surface area (TPSA) is 43.6 Å². The highest BCUT2D eigenvalue weighted by Crippen LogP contribution is 2.38. The molecule has 0 spiro atoms. The predicted molar refractivity (Wildman–Crippen MR) is 186 cm³/mol. The van der Waals surface area contributed by atoms with Gasteiger partial charge in [0.1, 0.15) is 0 Å². The largest absolute Gasteiger partial charge is 0.308 e. The van der Waals surface area contributed by atoms with Gasteiger partial charge >= 0.3 is 0 Å². The zero-order chi connectivity index (χ0) is 29.9. The second-order valence-corrected chi connectivity index (χ2v) is 11.6. The van der Waals surface area contributed by atoms with Gasteiger partial charge < -0.3 is 4.57 Å². The number of rotatable bonds is 4. The Hall–Kier alpha value is -5.80. The summed E-state index contributed by atoms with van der Waals surface area (Å²) in [7, 11) is 0. The molecular weight excluding hydrogens is 572 g/mol. The van der Waals surface area contributed by atoms with Crippen LogP contribution in [0.5, 0.6) is 0 Å². The third-order valence-electron chi connectivity index (χ3n) is 8.47. The van der Waals surface area contributed by atoms with Crippen LogP contribution in [-0.2, 0) is 0 Å². The Bertz CT molecular complexity index is 2600. The normalized spacial score (nSPS) is 12.6. The lowest BCUT2D eigenvalue weighted by molar-refractivity contribution is 1.04. The van der Waals surface area contributed by atoms with Crippen molar-refractivity contribution in [2.24, 2.45) is 0 Å². The molecule has 0 saturated carbocycles. The van der Waals surface area contributed by atoms with Gasteiger partial charge in [0, 0.05) is 33.2 Å². The summed E-state index contributed by atoms with van der Waals surface area (Å²) in [5, 5.41) is 7.65. The van der Waals surface area contributed by atoms with Crippen LogP contribution < -0.4 is 0 Å². The number of nitrogens with zero attached hydrogens (tertiary/aromatic N) is 4. The molecule has 9 rings (SSSR count). The van der Waals surface area contributed by atoms with Crippen molar-refractivity contribution >= 4 is 60.5 Å². The Morgan fingerprint density at radius 2 is 1.24 bits per heavy atom. The van der Waals surface area contributed by atoms with E-state index in [1.165, 1.54) is 16.2 Å². The molecule has 8 aromatic rings. The van der Waals surface area contributed by atoms with Gasteiger partial charge in [-0.15, -0.1) is 5.73 Å². The van der Waals surface area contributed by atoms with Gasteiger partial charge in [-0.1, -0.05) is 96.5 Å². The van der Waals surface area contributed by atoms with Gasteiger partial charge in [-0.3, -0.25) is 0 Å². The van der Waals surface area contributed by atoms with Crippen molar-refractivity contribution < 1.29 is 0 Å². The minimum absolute atomic E-state index is 0.600. The van der Waals surface area contributed by atoms with Gasteiger partial charge in [-0.2, -0.15) is 0 Å². The molecule has 0 bridgehead atoms. The van der Waals surface area contributed by atoms with Gasteiger partial charge in [0.2, 0.25) is 0 Å². The average Bonchev–Trinajstić information content (AvgIpc) is 3.75. The Labute approximate surface area is 263 Å². The summed E-state index contributed by atoms with van der Waals surface area (Å²) in [6.45, 7) is 0. The van der Waals surface area contributed by atoms with E-state index in [1.807, 2.05) is 42.5 Å². The standard InChI is InChI=1S/C40H23ClN4/c41-35-18-8-17-33-34-23-28-13-5-6-14-29(28)24-36(34)45(37(33)35)32-16-7-15-30(22-32)39-42-38(26-10-2-3-11-26)43-40(44-39)31-20-19-25-9-1-4-12-27(25)21-31/h1-2,4-24H. The van der Waals surface area contributed by atoms with Crippen LogP contribution in [-0.4, -0.2) is 19.5 Å². The molecule has 4 nitrogen and oxygen atoms in total. The Morgan fingerprint density at radius 3 is 2.02 bits per heavy atom. The highest BCUT2D eigenvalue weighted by Gasteiger charge is 2.18. The third kappa shape index (κ3) is 4.28. The number of allylic oxidation sites excluding steroid dienone is 3. The Balaban J connectivity index is 1.26. The molecule has 0 amide bonds. The van der Waals surface area contributed by atoms with Crippen molar-refractivity contribution in [3.63, 3.8) is 0 Å². The molecule has 0 atom stereocenters. The fourth-order valence-corrected chi connectivity index (χ4v) is 6.58. The maximum atomic E-state index is 6.92. The third-order valence-corrected chi connectivity index (χ3v) is 8.77. The minimum atomic E-state index is 0.600. The van der Waals surface area contributed by atoms with Crippen molar-refractivity contribution in [3.8, 4) is 28.5 Å². The second-order valence-electron chi connectivity index (χ2n) is 11.2. The molecule has 0 fully saturated rings. The summed E-state index contributed by atoms with van der Waals surface area (Å²) in [4.78, 5) is 14.9. The summed E-state index contributed by atoms with van der Waals surface area (Å²) in [6.07, 6.45) is 5.76. The van der Waals surface area contributed by atoms with E-state index in [1.54, 1.807) is 0 Å². The van der Waals surface area contributed by atoms with E-state index in [9.17, 15) is 0 Å². The van der Waals surface area contributed by atoms with Gasteiger partial charge in [-0.05, 0) is 76.2 Å². The maximum absolute atomic E-state index is 6.92. The zero-order valence-corrected chi connectivity index (χ0v) is 24.7. The SMILES string of the molecule is Clc1cccc2c3cc4ccccc4cc3n(-c3cccc(-c4nc(C5=CC=C=C5)nc(-c5ccc6ccccc6c5)n4)c3)c12. The number of aromatic nitrogens is 4. The van der Waals surface area contributed by atoms with Crippen molar-refractivity contribution in [1.29, 1.82) is 0 Å². The van der Waals surface area contributed by atoms with Gasteiger partial charge in [0.15, 0.2) is 17.5 Å². The van der Waals surface area contributed by atoms with Gasteiger partial charge in [0.25, 0.3) is 0 Å².